The highest BCUT2D eigenvalue weighted by Gasteiger charge is 2.29. The fourth-order valence-electron chi connectivity index (χ4n) is 4.44. The topological polar surface area (TPSA) is 57.6 Å². The lowest BCUT2D eigenvalue weighted by atomic mass is 9.92. The Bertz CT molecular complexity index is 463. The number of hydrogen-bond acceptors (Lipinski definition) is 2. The fraction of sp³-hybridized carbons (Fsp3) is 0.840. The fourth-order valence-corrected chi connectivity index (χ4v) is 4.44. The Kier molecular flexibility index (Phi) is 14.6. The van der Waals surface area contributed by atoms with Gasteiger partial charge in [-0.3, -0.25) is 9.59 Å². The minimum atomic E-state index is -0.646. The van der Waals surface area contributed by atoms with Crippen molar-refractivity contribution in [1.82, 2.24) is 4.90 Å². The molecule has 4 heteroatoms. The van der Waals surface area contributed by atoms with Crippen molar-refractivity contribution in [3.05, 3.63) is 12.8 Å². The number of carboxylic acids is 1. The molecule has 168 valence electrons. The zero-order chi connectivity index (χ0) is 21.3. The summed E-state index contributed by atoms with van der Waals surface area (Å²) in [6, 6.07) is 0. The third kappa shape index (κ3) is 11.4. The molecule has 0 aromatic heterocycles. The Morgan fingerprint density at radius 3 is 2.00 bits per heavy atom. The van der Waals surface area contributed by atoms with Crippen molar-refractivity contribution in [2.75, 3.05) is 6.54 Å². The zero-order valence-corrected chi connectivity index (χ0v) is 18.9. The Labute approximate surface area is 179 Å². The van der Waals surface area contributed by atoms with Crippen molar-refractivity contribution < 1.29 is 14.7 Å². The number of hydrogen-bond donors (Lipinski definition) is 1. The molecule has 1 amide bonds. The van der Waals surface area contributed by atoms with Crippen LogP contribution in [0.15, 0.2) is 12.8 Å². The SMILES string of the molecule is C=CN1CCC(CCCCC(CCCCCCCCCCCCC)C(=O)O)C1=O. The third-order valence-corrected chi connectivity index (χ3v) is 6.43. The maximum absolute atomic E-state index is 12.1. The summed E-state index contributed by atoms with van der Waals surface area (Å²) in [5.74, 6) is -0.553. The second-order valence-electron chi connectivity index (χ2n) is 8.84. The van der Waals surface area contributed by atoms with Crippen LogP contribution in [0, 0.1) is 11.8 Å². The second kappa shape index (κ2) is 16.5. The van der Waals surface area contributed by atoms with Crippen LogP contribution in [0.4, 0.5) is 0 Å². The van der Waals surface area contributed by atoms with Gasteiger partial charge in [0, 0.05) is 12.5 Å². The van der Waals surface area contributed by atoms with Crippen LogP contribution >= 0.6 is 0 Å². The molecule has 1 aliphatic heterocycles. The minimum Gasteiger partial charge on any atom is -0.481 e. The van der Waals surface area contributed by atoms with Gasteiger partial charge >= 0.3 is 5.97 Å². The van der Waals surface area contributed by atoms with Gasteiger partial charge in [0.05, 0.1) is 5.92 Å². The smallest absolute Gasteiger partial charge is 0.306 e. The summed E-state index contributed by atoms with van der Waals surface area (Å²) in [6.07, 6.45) is 21.1. The summed E-state index contributed by atoms with van der Waals surface area (Å²) < 4.78 is 0. The number of likely N-dealkylation sites (tertiary alicyclic amines) is 1. The molecule has 0 saturated carbocycles. The van der Waals surface area contributed by atoms with Gasteiger partial charge in [-0.25, -0.2) is 0 Å². The number of aliphatic carboxylic acids is 1. The van der Waals surface area contributed by atoms with Crippen molar-refractivity contribution in [2.24, 2.45) is 11.8 Å². The largest absolute Gasteiger partial charge is 0.481 e. The Morgan fingerprint density at radius 1 is 1.00 bits per heavy atom. The normalized spacial score (nSPS) is 17.6. The number of carbonyl (C=O) groups is 2. The van der Waals surface area contributed by atoms with Gasteiger partial charge in [-0.05, 0) is 31.9 Å². The highest BCUT2D eigenvalue weighted by Crippen LogP contribution is 2.25. The first-order valence-electron chi connectivity index (χ1n) is 12.3. The molecular weight excluding hydrogens is 362 g/mol. The van der Waals surface area contributed by atoms with Gasteiger partial charge in [-0.15, -0.1) is 0 Å². The van der Waals surface area contributed by atoms with E-state index in [1.807, 2.05) is 0 Å². The molecule has 0 spiro atoms. The maximum atomic E-state index is 12.1. The van der Waals surface area contributed by atoms with Crippen LogP contribution in [-0.2, 0) is 9.59 Å². The van der Waals surface area contributed by atoms with E-state index < -0.39 is 5.97 Å². The van der Waals surface area contributed by atoms with Crippen LogP contribution in [0.2, 0.25) is 0 Å². The van der Waals surface area contributed by atoms with Crippen molar-refractivity contribution in [3.8, 4) is 0 Å². The van der Waals surface area contributed by atoms with Crippen molar-refractivity contribution in [1.29, 1.82) is 0 Å². The summed E-state index contributed by atoms with van der Waals surface area (Å²) >= 11 is 0. The van der Waals surface area contributed by atoms with Crippen LogP contribution < -0.4 is 0 Å². The zero-order valence-electron chi connectivity index (χ0n) is 18.9. The molecule has 0 radical (unpaired) electrons. The number of rotatable bonds is 19. The summed E-state index contributed by atoms with van der Waals surface area (Å²) in [5.41, 5.74) is 0. The van der Waals surface area contributed by atoms with E-state index in [0.29, 0.717) is 0 Å². The number of nitrogens with zero attached hydrogens (tertiary/aromatic N) is 1. The first kappa shape index (κ1) is 25.7. The summed E-state index contributed by atoms with van der Waals surface area (Å²) in [5, 5.41) is 9.48. The number of unbranched alkanes of at least 4 members (excludes halogenated alkanes) is 11. The molecule has 1 saturated heterocycles. The van der Waals surface area contributed by atoms with Crippen LogP contribution in [0.1, 0.15) is 116 Å². The Hall–Kier alpha value is -1.32. The number of carboxylic acid groups (broad SMARTS) is 1. The molecule has 2 unspecified atom stereocenters. The maximum Gasteiger partial charge on any atom is 0.306 e. The molecule has 0 bridgehead atoms. The van der Waals surface area contributed by atoms with Crippen molar-refractivity contribution >= 4 is 11.9 Å². The van der Waals surface area contributed by atoms with Gasteiger partial charge in [0.1, 0.15) is 0 Å². The van der Waals surface area contributed by atoms with E-state index in [0.717, 1.165) is 57.9 Å². The molecule has 1 aliphatic rings. The van der Waals surface area contributed by atoms with E-state index in [1.165, 1.54) is 57.8 Å². The molecule has 0 aromatic carbocycles. The molecule has 0 aliphatic carbocycles. The Balaban J connectivity index is 2.01. The van der Waals surface area contributed by atoms with Crippen LogP contribution in [0.3, 0.4) is 0 Å². The van der Waals surface area contributed by atoms with E-state index in [9.17, 15) is 14.7 Å². The monoisotopic (exact) mass is 407 g/mol. The Morgan fingerprint density at radius 2 is 1.52 bits per heavy atom. The average Bonchev–Trinajstić information content (AvgIpc) is 3.06. The third-order valence-electron chi connectivity index (χ3n) is 6.43. The predicted octanol–water partition coefficient (Wildman–Crippen LogP) is 6.94. The average molecular weight is 408 g/mol. The van der Waals surface area contributed by atoms with Gasteiger partial charge in [0.2, 0.25) is 5.91 Å². The van der Waals surface area contributed by atoms with Crippen molar-refractivity contribution in [3.63, 3.8) is 0 Å². The molecule has 1 fully saturated rings. The second-order valence-corrected chi connectivity index (χ2v) is 8.84. The van der Waals surface area contributed by atoms with E-state index in [2.05, 4.69) is 13.5 Å². The summed E-state index contributed by atoms with van der Waals surface area (Å²) in [6.45, 7) is 6.71. The minimum absolute atomic E-state index is 0.114. The van der Waals surface area contributed by atoms with Gasteiger partial charge in [0.15, 0.2) is 0 Å². The van der Waals surface area contributed by atoms with Gasteiger partial charge < -0.3 is 10.0 Å². The molecular formula is C25H45NO3. The van der Waals surface area contributed by atoms with Crippen LogP contribution in [-0.4, -0.2) is 28.4 Å². The van der Waals surface area contributed by atoms with E-state index in [4.69, 9.17) is 0 Å². The molecule has 1 N–H and O–H groups in total. The van der Waals surface area contributed by atoms with E-state index >= 15 is 0 Å². The molecule has 29 heavy (non-hydrogen) atoms. The number of carbonyl (C=O) groups excluding carboxylic acids is 1. The molecule has 0 aromatic rings. The van der Waals surface area contributed by atoms with Crippen LogP contribution in [0.5, 0.6) is 0 Å². The van der Waals surface area contributed by atoms with Gasteiger partial charge in [0.25, 0.3) is 0 Å². The predicted molar refractivity (Wildman–Crippen MR) is 121 cm³/mol. The van der Waals surface area contributed by atoms with Crippen LogP contribution in [0.25, 0.3) is 0 Å². The summed E-state index contributed by atoms with van der Waals surface area (Å²) in [4.78, 5) is 25.3. The van der Waals surface area contributed by atoms with Gasteiger partial charge in [-0.2, -0.15) is 0 Å². The first-order chi connectivity index (χ1) is 14.1. The van der Waals surface area contributed by atoms with E-state index in [1.54, 1.807) is 11.1 Å². The molecule has 4 nitrogen and oxygen atoms in total. The van der Waals surface area contributed by atoms with Gasteiger partial charge in [-0.1, -0.05) is 97.0 Å². The lowest BCUT2D eigenvalue weighted by Gasteiger charge is -2.13. The van der Waals surface area contributed by atoms with E-state index in [-0.39, 0.29) is 17.7 Å². The lowest BCUT2D eigenvalue weighted by Crippen LogP contribution is -2.21. The highest BCUT2D eigenvalue weighted by molar-refractivity contribution is 5.81. The molecule has 1 heterocycles. The quantitative estimate of drug-likeness (QED) is 0.236. The summed E-state index contributed by atoms with van der Waals surface area (Å²) in [7, 11) is 0. The highest BCUT2D eigenvalue weighted by atomic mass is 16.4. The standard InChI is InChI=1S/C25H45NO3/c1-3-5-6-7-8-9-10-11-12-13-14-18-23(25(28)29)19-16-15-17-22-20-21-26(4-2)24(22)27/h4,22-23H,2-3,5-21H2,1H3,(H,28,29). The number of amides is 1. The molecule has 2 atom stereocenters. The lowest BCUT2D eigenvalue weighted by molar-refractivity contribution is -0.142. The molecule has 1 rings (SSSR count). The first-order valence-corrected chi connectivity index (χ1v) is 12.3. The van der Waals surface area contributed by atoms with Crippen molar-refractivity contribution in [2.45, 2.75) is 116 Å².